The van der Waals surface area contributed by atoms with Crippen molar-refractivity contribution in [2.75, 3.05) is 0 Å². The summed E-state index contributed by atoms with van der Waals surface area (Å²) in [5, 5.41) is 0. The van der Waals surface area contributed by atoms with Gasteiger partial charge in [-0.1, -0.05) is 59.3 Å². The summed E-state index contributed by atoms with van der Waals surface area (Å²) < 4.78 is 0. The summed E-state index contributed by atoms with van der Waals surface area (Å²) in [6, 6.07) is 0. The quantitative estimate of drug-likeness (QED) is 0.599. The van der Waals surface area contributed by atoms with Gasteiger partial charge in [-0.3, -0.25) is 0 Å². The first-order valence-corrected chi connectivity index (χ1v) is 6.26. The van der Waals surface area contributed by atoms with E-state index in [-0.39, 0.29) is 0 Å². The van der Waals surface area contributed by atoms with Crippen LogP contribution >= 0.6 is 0 Å². The molecule has 0 aromatic carbocycles. The fourth-order valence-electron chi connectivity index (χ4n) is 2.18. The summed E-state index contributed by atoms with van der Waals surface area (Å²) in [5.41, 5.74) is 3.97. The number of allylic oxidation sites excluding steroid dienone is 4. The van der Waals surface area contributed by atoms with Crippen LogP contribution < -0.4 is 0 Å². The van der Waals surface area contributed by atoms with Crippen LogP contribution in [0.5, 0.6) is 0 Å². The Morgan fingerprint density at radius 2 is 1.53 bits per heavy atom. The molecule has 0 N–H and O–H groups in total. The molecule has 0 atom stereocenters. The lowest BCUT2D eigenvalue weighted by Gasteiger charge is -2.32. The van der Waals surface area contributed by atoms with Gasteiger partial charge in [-0.05, 0) is 35.7 Å². The standard InChI is InChI=1S/C15H26/c1-7-14(3,4)12-10-9-11-13(12)15(5,6)8-2/h9-10H,7-8,11H2,1-6H3. The summed E-state index contributed by atoms with van der Waals surface area (Å²) >= 11 is 0. The summed E-state index contributed by atoms with van der Waals surface area (Å²) in [6.07, 6.45) is 8.30. The topological polar surface area (TPSA) is 0 Å². The largest absolute Gasteiger partial charge is 0.0801 e. The highest BCUT2D eigenvalue weighted by Crippen LogP contribution is 2.45. The molecule has 0 unspecified atom stereocenters. The molecular formula is C15H26. The first kappa shape index (κ1) is 12.5. The van der Waals surface area contributed by atoms with Gasteiger partial charge in [0.05, 0.1) is 0 Å². The lowest BCUT2D eigenvalue weighted by Crippen LogP contribution is -2.20. The zero-order valence-corrected chi connectivity index (χ0v) is 11.3. The van der Waals surface area contributed by atoms with Crippen molar-refractivity contribution in [2.24, 2.45) is 10.8 Å². The SMILES string of the molecule is CCC(C)(C)C1=C(C(C)(C)CC)CC=C1. The van der Waals surface area contributed by atoms with E-state index in [0.717, 1.165) is 0 Å². The molecule has 0 nitrogen and oxygen atoms in total. The molecule has 1 aliphatic rings. The van der Waals surface area contributed by atoms with E-state index in [4.69, 9.17) is 0 Å². The Morgan fingerprint density at radius 1 is 1.00 bits per heavy atom. The van der Waals surface area contributed by atoms with Crippen LogP contribution in [0.4, 0.5) is 0 Å². The van der Waals surface area contributed by atoms with Crippen molar-refractivity contribution >= 4 is 0 Å². The maximum Gasteiger partial charge on any atom is -0.0106 e. The molecule has 0 bridgehead atoms. The van der Waals surface area contributed by atoms with Gasteiger partial charge in [-0.15, -0.1) is 0 Å². The lowest BCUT2D eigenvalue weighted by molar-refractivity contribution is 0.385. The second-order valence-corrected chi connectivity index (χ2v) is 5.97. The van der Waals surface area contributed by atoms with Gasteiger partial charge in [0.15, 0.2) is 0 Å². The highest BCUT2D eigenvalue weighted by molar-refractivity contribution is 5.41. The molecule has 1 aliphatic carbocycles. The average Bonchev–Trinajstić information content (AvgIpc) is 2.67. The first-order chi connectivity index (χ1) is 6.85. The highest BCUT2D eigenvalue weighted by atomic mass is 14.4. The molecule has 0 aliphatic heterocycles. The Morgan fingerprint density at radius 3 is 2.00 bits per heavy atom. The molecule has 0 spiro atoms. The van der Waals surface area contributed by atoms with Crippen molar-refractivity contribution in [3.8, 4) is 0 Å². The van der Waals surface area contributed by atoms with Crippen molar-refractivity contribution in [2.45, 2.75) is 60.8 Å². The van der Waals surface area contributed by atoms with Gasteiger partial charge in [-0.2, -0.15) is 0 Å². The van der Waals surface area contributed by atoms with Crippen LogP contribution in [-0.4, -0.2) is 0 Å². The molecule has 15 heavy (non-hydrogen) atoms. The monoisotopic (exact) mass is 206 g/mol. The summed E-state index contributed by atoms with van der Waals surface area (Å²) in [4.78, 5) is 0. The van der Waals surface area contributed by atoms with E-state index in [1.54, 1.807) is 11.1 Å². The average molecular weight is 206 g/mol. The van der Waals surface area contributed by atoms with Crippen LogP contribution in [-0.2, 0) is 0 Å². The predicted octanol–water partition coefficient (Wildman–Crippen LogP) is 5.12. The smallest absolute Gasteiger partial charge is 0.0106 e. The van der Waals surface area contributed by atoms with Crippen molar-refractivity contribution in [1.29, 1.82) is 0 Å². The molecule has 86 valence electrons. The molecule has 0 amide bonds. The van der Waals surface area contributed by atoms with Crippen LogP contribution in [0.2, 0.25) is 0 Å². The zero-order chi connectivity index (χ0) is 11.7. The van der Waals surface area contributed by atoms with Gasteiger partial charge >= 0.3 is 0 Å². The fraction of sp³-hybridized carbons (Fsp3) is 0.733. The van der Waals surface area contributed by atoms with Crippen LogP contribution in [0.15, 0.2) is 23.3 Å². The molecule has 0 fully saturated rings. The number of rotatable bonds is 4. The van der Waals surface area contributed by atoms with Gasteiger partial charge in [0.1, 0.15) is 0 Å². The van der Waals surface area contributed by atoms with Crippen molar-refractivity contribution in [3.63, 3.8) is 0 Å². The summed E-state index contributed by atoms with van der Waals surface area (Å²) in [6.45, 7) is 14.1. The Hall–Kier alpha value is -0.520. The van der Waals surface area contributed by atoms with E-state index in [1.807, 2.05) is 0 Å². The molecule has 0 saturated heterocycles. The maximum absolute atomic E-state index is 2.38. The summed E-state index contributed by atoms with van der Waals surface area (Å²) in [5.74, 6) is 0. The Balaban J connectivity index is 3.12. The van der Waals surface area contributed by atoms with Crippen molar-refractivity contribution in [1.82, 2.24) is 0 Å². The lowest BCUT2D eigenvalue weighted by atomic mass is 9.72. The minimum Gasteiger partial charge on any atom is -0.0801 e. The van der Waals surface area contributed by atoms with Gasteiger partial charge < -0.3 is 0 Å². The van der Waals surface area contributed by atoms with Gasteiger partial charge in [0.2, 0.25) is 0 Å². The fourth-order valence-corrected chi connectivity index (χ4v) is 2.18. The van der Waals surface area contributed by atoms with E-state index in [0.29, 0.717) is 10.8 Å². The van der Waals surface area contributed by atoms with E-state index in [2.05, 4.69) is 53.7 Å². The zero-order valence-electron chi connectivity index (χ0n) is 11.3. The molecule has 0 aromatic heterocycles. The second kappa shape index (κ2) is 4.15. The minimum absolute atomic E-state index is 0.342. The van der Waals surface area contributed by atoms with Crippen LogP contribution in [0.1, 0.15) is 60.8 Å². The van der Waals surface area contributed by atoms with E-state index in [1.165, 1.54) is 19.3 Å². The minimum atomic E-state index is 0.342. The summed E-state index contributed by atoms with van der Waals surface area (Å²) in [7, 11) is 0. The molecular weight excluding hydrogens is 180 g/mol. The van der Waals surface area contributed by atoms with Crippen LogP contribution in [0.25, 0.3) is 0 Å². The van der Waals surface area contributed by atoms with Crippen molar-refractivity contribution < 1.29 is 0 Å². The maximum atomic E-state index is 2.38. The Labute approximate surface area is 95.5 Å². The molecule has 0 radical (unpaired) electrons. The van der Waals surface area contributed by atoms with Crippen molar-refractivity contribution in [3.05, 3.63) is 23.3 Å². The number of hydrogen-bond acceptors (Lipinski definition) is 0. The van der Waals surface area contributed by atoms with Crippen LogP contribution in [0.3, 0.4) is 0 Å². The normalized spacial score (nSPS) is 17.7. The van der Waals surface area contributed by atoms with Gasteiger partial charge in [-0.25, -0.2) is 0 Å². The molecule has 0 heteroatoms. The molecule has 0 aromatic rings. The van der Waals surface area contributed by atoms with Gasteiger partial charge in [0, 0.05) is 0 Å². The Kier molecular flexibility index (Phi) is 3.48. The Bertz CT molecular complexity index is 287. The third-order valence-electron chi connectivity index (χ3n) is 4.25. The molecule has 0 saturated carbocycles. The third-order valence-corrected chi connectivity index (χ3v) is 4.25. The number of hydrogen-bond donors (Lipinski definition) is 0. The molecule has 0 heterocycles. The van der Waals surface area contributed by atoms with E-state index < -0.39 is 0 Å². The van der Waals surface area contributed by atoms with E-state index >= 15 is 0 Å². The van der Waals surface area contributed by atoms with Crippen LogP contribution in [0, 0.1) is 10.8 Å². The predicted molar refractivity (Wildman–Crippen MR) is 68.9 cm³/mol. The molecule has 1 rings (SSSR count). The third kappa shape index (κ3) is 2.35. The second-order valence-electron chi connectivity index (χ2n) is 5.97. The first-order valence-electron chi connectivity index (χ1n) is 6.26. The van der Waals surface area contributed by atoms with E-state index in [9.17, 15) is 0 Å². The van der Waals surface area contributed by atoms with Gasteiger partial charge in [0.25, 0.3) is 0 Å². The highest BCUT2D eigenvalue weighted by Gasteiger charge is 2.31.